The summed E-state index contributed by atoms with van der Waals surface area (Å²) >= 11 is 0. The molecule has 5 rings (SSSR count). The summed E-state index contributed by atoms with van der Waals surface area (Å²) in [5, 5.41) is 6.12. The summed E-state index contributed by atoms with van der Waals surface area (Å²) in [4.78, 5) is 38.4. The van der Waals surface area contributed by atoms with Crippen LogP contribution in [-0.4, -0.2) is 18.4 Å². The van der Waals surface area contributed by atoms with Crippen molar-refractivity contribution in [3.8, 4) is 11.3 Å². The Bertz CT molecular complexity index is 1440. The number of benzene rings is 3. The molecule has 1 aliphatic heterocycles. The van der Waals surface area contributed by atoms with E-state index in [4.69, 9.17) is 4.42 Å². The van der Waals surface area contributed by atoms with Gasteiger partial charge in [0.1, 0.15) is 5.76 Å². The fourth-order valence-corrected chi connectivity index (χ4v) is 4.34. The zero-order valence-electron chi connectivity index (χ0n) is 18.1. The van der Waals surface area contributed by atoms with Crippen LogP contribution < -0.4 is 16.1 Å². The third-order valence-electron chi connectivity index (χ3n) is 6.05. The van der Waals surface area contributed by atoms with Gasteiger partial charge in [-0.25, -0.2) is 0 Å². The molecule has 0 aliphatic carbocycles. The van der Waals surface area contributed by atoms with Crippen LogP contribution in [0.5, 0.6) is 0 Å². The lowest BCUT2D eigenvalue weighted by atomic mass is 9.97. The number of rotatable bonds is 5. The van der Waals surface area contributed by atoms with E-state index in [0.717, 1.165) is 16.8 Å². The predicted molar refractivity (Wildman–Crippen MR) is 127 cm³/mol. The topological polar surface area (TPSA) is 88.4 Å². The van der Waals surface area contributed by atoms with E-state index < -0.39 is 0 Å². The Balaban J connectivity index is 1.42. The Kier molecular flexibility index (Phi) is 5.26. The van der Waals surface area contributed by atoms with Crippen LogP contribution in [0, 0.1) is 6.92 Å². The molecule has 164 valence electrons. The van der Waals surface area contributed by atoms with Gasteiger partial charge in [0, 0.05) is 23.4 Å². The van der Waals surface area contributed by atoms with E-state index in [9.17, 15) is 14.4 Å². The molecule has 6 heteroatoms. The van der Waals surface area contributed by atoms with Gasteiger partial charge in [-0.1, -0.05) is 54.6 Å². The molecule has 2 heterocycles. The normalized spacial score (nSPS) is 14.7. The van der Waals surface area contributed by atoms with Crippen molar-refractivity contribution >= 4 is 28.5 Å². The quantitative estimate of drug-likeness (QED) is 0.476. The molecule has 33 heavy (non-hydrogen) atoms. The second-order valence-corrected chi connectivity index (χ2v) is 8.11. The van der Waals surface area contributed by atoms with Crippen LogP contribution >= 0.6 is 0 Å². The maximum Gasteiger partial charge on any atom is 0.255 e. The summed E-state index contributed by atoms with van der Waals surface area (Å²) in [7, 11) is 0. The number of carbonyl (C=O) groups excluding carboxylic acids is 2. The van der Waals surface area contributed by atoms with Crippen molar-refractivity contribution in [2.24, 2.45) is 0 Å². The molecule has 0 saturated carbocycles. The highest BCUT2D eigenvalue weighted by Crippen LogP contribution is 2.34. The number of nitrogens with one attached hydrogen (secondary N) is 2. The number of fused-ring (bicyclic) bond motifs is 2. The van der Waals surface area contributed by atoms with E-state index >= 15 is 0 Å². The van der Waals surface area contributed by atoms with E-state index in [-0.39, 0.29) is 34.3 Å². The molecule has 2 N–H and O–H groups in total. The minimum atomic E-state index is -0.349. The second-order valence-electron chi connectivity index (χ2n) is 8.11. The van der Waals surface area contributed by atoms with E-state index in [2.05, 4.69) is 10.6 Å². The number of carbonyl (C=O) groups is 2. The SMILES string of the molecule is Cc1c(-c2ccccc2)oc2c(C(=O)NCC[C@H]3C(=O)Nc4ccccc43)cccc2c1=O. The number of para-hydroxylation sites is 2. The van der Waals surface area contributed by atoms with Gasteiger partial charge in [0.25, 0.3) is 5.91 Å². The third-order valence-corrected chi connectivity index (χ3v) is 6.05. The first-order chi connectivity index (χ1) is 16.0. The van der Waals surface area contributed by atoms with E-state index in [1.807, 2.05) is 54.6 Å². The van der Waals surface area contributed by atoms with Gasteiger partial charge in [-0.3, -0.25) is 14.4 Å². The maximum absolute atomic E-state index is 13.0. The van der Waals surface area contributed by atoms with Crippen LogP contribution in [0.25, 0.3) is 22.3 Å². The number of anilines is 1. The van der Waals surface area contributed by atoms with Crippen molar-refractivity contribution in [3.05, 3.63) is 99.7 Å². The van der Waals surface area contributed by atoms with Crippen molar-refractivity contribution in [3.63, 3.8) is 0 Å². The molecule has 0 bridgehead atoms. The molecule has 3 aromatic carbocycles. The van der Waals surface area contributed by atoms with Crippen LogP contribution in [0.15, 0.2) is 82.0 Å². The monoisotopic (exact) mass is 438 g/mol. The van der Waals surface area contributed by atoms with Gasteiger partial charge in [0.05, 0.1) is 16.9 Å². The van der Waals surface area contributed by atoms with Gasteiger partial charge in [-0.15, -0.1) is 0 Å². The summed E-state index contributed by atoms with van der Waals surface area (Å²) in [6, 6.07) is 21.9. The average Bonchev–Trinajstić information content (AvgIpc) is 3.16. The van der Waals surface area contributed by atoms with Crippen molar-refractivity contribution < 1.29 is 14.0 Å². The first kappa shape index (κ1) is 20.7. The zero-order valence-corrected chi connectivity index (χ0v) is 18.1. The van der Waals surface area contributed by atoms with Crippen molar-refractivity contribution in [1.29, 1.82) is 0 Å². The first-order valence-corrected chi connectivity index (χ1v) is 10.8. The molecule has 0 fully saturated rings. The van der Waals surface area contributed by atoms with Gasteiger partial charge < -0.3 is 15.1 Å². The van der Waals surface area contributed by atoms with Crippen molar-refractivity contribution in [2.45, 2.75) is 19.3 Å². The van der Waals surface area contributed by atoms with E-state index in [1.165, 1.54) is 0 Å². The number of hydrogen-bond donors (Lipinski definition) is 2. The first-order valence-electron chi connectivity index (χ1n) is 10.8. The van der Waals surface area contributed by atoms with Gasteiger partial charge in [-0.05, 0) is 37.1 Å². The highest BCUT2D eigenvalue weighted by atomic mass is 16.3. The molecule has 1 aliphatic rings. The van der Waals surface area contributed by atoms with Gasteiger partial charge in [-0.2, -0.15) is 0 Å². The van der Waals surface area contributed by atoms with Crippen LogP contribution in [0.4, 0.5) is 5.69 Å². The predicted octanol–water partition coefficient (Wildman–Crippen LogP) is 4.62. The van der Waals surface area contributed by atoms with E-state index in [0.29, 0.717) is 29.7 Å². The van der Waals surface area contributed by atoms with Crippen LogP contribution in [-0.2, 0) is 4.79 Å². The molecule has 6 nitrogen and oxygen atoms in total. The fraction of sp³-hybridized carbons (Fsp3) is 0.148. The third kappa shape index (κ3) is 3.69. The molecular weight excluding hydrogens is 416 g/mol. The number of hydrogen-bond acceptors (Lipinski definition) is 4. The lowest BCUT2D eigenvalue weighted by Gasteiger charge is -2.12. The lowest BCUT2D eigenvalue weighted by Crippen LogP contribution is -2.27. The minimum Gasteiger partial charge on any atom is -0.455 e. The Morgan fingerprint density at radius 1 is 0.970 bits per heavy atom. The lowest BCUT2D eigenvalue weighted by molar-refractivity contribution is -0.117. The largest absolute Gasteiger partial charge is 0.455 e. The summed E-state index contributed by atoms with van der Waals surface area (Å²) in [6.45, 7) is 2.04. The van der Waals surface area contributed by atoms with Gasteiger partial charge in [0.15, 0.2) is 11.0 Å². The Hall–Kier alpha value is -4.19. The summed E-state index contributed by atoms with van der Waals surface area (Å²) < 4.78 is 6.13. The highest BCUT2D eigenvalue weighted by molar-refractivity contribution is 6.05. The maximum atomic E-state index is 13.0. The molecular formula is C27H22N2O4. The van der Waals surface area contributed by atoms with Gasteiger partial charge in [0.2, 0.25) is 5.91 Å². The Morgan fingerprint density at radius 2 is 1.73 bits per heavy atom. The summed E-state index contributed by atoms with van der Waals surface area (Å²) in [5.74, 6) is -0.269. The standard InChI is InChI=1S/C27H22N2O4/c1-16-23(30)20-11-7-12-21(25(20)33-24(16)17-8-3-2-4-9-17)26(31)28-15-14-19-18-10-5-6-13-22(18)29-27(19)32/h2-13,19H,14-15H2,1H3,(H,28,31)(H,29,32)/t19-/m1/s1. The minimum absolute atomic E-state index is 0.0652. The second kappa shape index (κ2) is 8.39. The van der Waals surface area contributed by atoms with Crippen LogP contribution in [0.3, 0.4) is 0 Å². The smallest absolute Gasteiger partial charge is 0.255 e. The fourth-order valence-electron chi connectivity index (χ4n) is 4.34. The summed E-state index contributed by atoms with van der Waals surface area (Å²) in [5.41, 5.74) is 3.41. The molecule has 4 aromatic rings. The zero-order chi connectivity index (χ0) is 22.9. The van der Waals surface area contributed by atoms with Crippen molar-refractivity contribution in [1.82, 2.24) is 5.32 Å². The van der Waals surface area contributed by atoms with Crippen LogP contribution in [0.1, 0.15) is 33.8 Å². The van der Waals surface area contributed by atoms with Crippen LogP contribution in [0.2, 0.25) is 0 Å². The Labute approximate surface area is 190 Å². The molecule has 0 saturated heterocycles. The summed E-state index contributed by atoms with van der Waals surface area (Å²) in [6.07, 6.45) is 0.470. The average molecular weight is 438 g/mol. The van der Waals surface area contributed by atoms with Gasteiger partial charge >= 0.3 is 0 Å². The molecule has 2 amide bonds. The molecule has 0 unspecified atom stereocenters. The Morgan fingerprint density at radius 3 is 2.55 bits per heavy atom. The highest BCUT2D eigenvalue weighted by Gasteiger charge is 2.29. The van der Waals surface area contributed by atoms with E-state index in [1.54, 1.807) is 25.1 Å². The molecule has 0 spiro atoms. The molecule has 0 radical (unpaired) electrons. The molecule has 1 aromatic heterocycles. The van der Waals surface area contributed by atoms with Crippen molar-refractivity contribution in [2.75, 3.05) is 11.9 Å². The number of amides is 2. The molecule has 1 atom stereocenters.